The largest absolute Gasteiger partial charge is 0.299 e. The van der Waals surface area contributed by atoms with E-state index in [-0.39, 0.29) is 5.92 Å². The van der Waals surface area contributed by atoms with Crippen LogP contribution >= 0.6 is 0 Å². The van der Waals surface area contributed by atoms with Gasteiger partial charge in [-0.3, -0.25) is 4.79 Å². The first-order valence-corrected chi connectivity index (χ1v) is 3.74. The van der Waals surface area contributed by atoms with Crippen LogP contribution in [0.25, 0.3) is 0 Å². The maximum atomic E-state index is 11.0. The van der Waals surface area contributed by atoms with E-state index < -0.39 is 0 Å². The summed E-state index contributed by atoms with van der Waals surface area (Å²) < 4.78 is 0. The van der Waals surface area contributed by atoms with Gasteiger partial charge in [-0.15, -0.1) is 0 Å². The lowest BCUT2D eigenvalue weighted by Gasteiger charge is -2.16. The molecule has 0 aromatic carbocycles. The van der Waals surface area contributed by atoms with E-state index in [1.54, 1.807) is 0 Å². The second kappa shape index (κ2) is 3.36. The molecule has 1 saturated carbocycles. The van der Waals surface area contributed by atoms with Crippen LogP contribution in [0.2, 0.25) is 0 Å². The SMILES string of the molecule is N#CCC1CCCCC1=O. The number of hydrogen-bond donors (Lipinski definition) is 0. The number of carbonyl (C=O) groups excluding carboxylic acids is 1. The van der Waals surface area contributed by atoms with Crippen molar-refractivity contribution in [2.45, 2.75) is 32.1 Å². The molecule has 0 saturated heterocycles. The lowest BCUT2D eigenvalue weighted by Crippen LogP contribution is -2.18. The molecule has 0 aromatic rings. The predicted octanol–water partition coefficient (Wildman–Crippen LogP) is 1.66. The number of nitriles is 1. The van der Waals surface area contributed by atoms with Gasteiger partial charge < -0.3 is 0 Å². The highest BCUT2D eigenvalue weighted by atomic mass is 16.1. The number of ketones is 1. The van der Waals surface area contributed by atoms with Crippen molar-refractivity contribution in [3.63, 3.8) is 0 Å². The monoisotopic (exact) mass is 137 g/mol. The molecule has 1 aliphatic rings. The van der Waals surface area contributed by atoms with Crippen LogP contribution in [0.5, 0.6) is 0 Å². The lowest BCUT2D eigenvalue weighted by molar-refractivity contribution is -0.124. The van der Waals surface area contributed by atoms with Crippen molar-refractivity contribution < 1.29 is 4.79 Å². The Balaban J connectivity index is 2.42. The van der Waals surface area contributed by atoms with Crippen LogP contribution in [-0.2, 0) is 4.79 Å². The lowest BCUT2D eigenvalue weighted by atomic mass is 9.86. The summed E-state index contributed by atoms with van der Waals surface area (Å²) in [6.07, 6.45) is 4.22. The zero-order chi connectivity index (χ0) is 7.40. The first-order valence-electron chi connectivity index (χ1n) is 3.74. The van der Waals surface area contributed by atoms with Crippen LogP contribution in [0.1, 0.15) is 32.1 Å². The van der Waals surface area contributed by atoms with E-state index in [2.05, 4.69) is 0 Å². The fourth-order valence-corrected chi connectivity index (χ4v) is 1.38. The molecule has 1 atom stereocenters. The van der Waals surface area contributed by atoms with Gasteiger partial charge in [-0.25, -0.2) is 0 Å². The summed E-state index contributed by atoms with van der Waals surface area (Å²) in [4.78, 5) is 11.0. The van der Waals surface area contributed by atoms with Gasteiger partial charge in [0.25, 0.3) is 0 Å². The third-order valence-corrected chi connectivity index (χ3v) is 2.02. The molecule has 0 N–H and O–H groups in total. The van der Waals surface area contributed by atoms with E-state index in [0.29, 0.717) is 18.6 Å². The smallest absolute Gasteiger partial charge is 0.137 e. The molecule has 2 nitrogen and oxygen atoms in total. The van der Waals surface area contributed by atoms with E-state index in [1.807, 2.05) is 6.07 Å². The fourth-order valence-electron chi connectivity index (χ4n) is 1.38. The summed E-state index contributed by atoms with van der Waals surface area (Å²) in [5, 5.41) is 8.33. The van der Waals surface area contributed by atoms with Gasteiger partial charge in [-0.1, -0.05) is 6.42 Å². The van der Waals surface area contributed by atoms with Crippen molar-refractivity contribution in [1.29, 1.82) is 5.26 Å². The number of hydrogen-bond acceptors (Lipinski definition) is 2. The van der Waals surface area contributed by atoms with Crippen LogP contribution in [0.3, 0.4) is 0 Å². The third-order valence-electron chi connectivity index (χ3n) is 2.02. The highest BCUT2D eigenvalue weighted by Crippen LogP contribution is 2.22. The number of nitrogens with zero attached hydrogens (tertiary/aromatic N) is 1. The molecule has 1 unspecified atom stereocenters. The van der Waals surface area contributed by atoms with Crippen molar-refractivity contribution in [3.05, 3.63) is 0 Å². The summed E-state index contributed by atoms with van der Waals surface area (Å²) >= 11 is 0. The Hall–Kier alpha value is -0.840. The van der Waals surface area contributed by atoms with E-state index in [9.17, 15) is 4.79 Å². The normalized spacial score (nSPS) is 25.9. The van der Waals surface area contributed by atoms with Crippen LogP contribution in [0, 0.1) is 17.2 Å². The minimum absolute atomic E-state index is 0.0683. The Labute approximate surface area is 60.8 Å². The molecule has 0 aliphatic heterocycles. The summed E-state index contributed by atoms with van der Waals surface area (Å²) in [5.41, 5.74) is 0. The zero-order valence-corrected chi connectivity index (χ0v) is 5.97. The van der Waals surface area contributed by atoms with Crippen molar-refractivity contribution >= 4 is 5.78 Å². The van der Waals surface area contributed by atoms with Gasteiger partial charge in [0.05, 0.1) is 6.07 Å². The Morgan fingerprint density at radius 3 is 3.00 bits per heavy atom. The van der Waals surface area contributed by atoms with Crippen LogP contribution in [0.4, 0.5) is 0 Å². The Bertz CT molecular complexity index is 169. The Kier molecular flexibility index (Phi) is 2.44. The zero-order valence-electron chi connectivity index (χ0n) is 5.97. The summed E-state index contributed by atoms with van der Waals surface area (Å²) in [7, 11) is 0. The maximum absolute atomic E-state index is 11.0. The first-order chi connectivity index (χ1) is 4.84. The van der Waals surface area contributed by atoms with E-state index in [0.717, 1.165) is 19.3 Å². The fraction of sp³-hybridized carbons (Fsp3) is 0.750. The molecule has 0 heterocycles. The molecule has 54 valence electrons. The van der Waals surface area contributed by atoms with Crippen molar-refractivity contribution in [3.8, 4) is 6.07 Å². The van der Waals surface area contributed by atoms with Crippen molar-refractivity contribution in [2.24, 2.45) is 5.92 Å². The quantitative estimate of drug-likeness (QED) is 0.551. The first kappa shape index (κ1) is 7.27. The maximum Gasteiger partial charge on any atom is 0.137 e. The van der Waals surface area contributed by atoms with Gasteiger partial charge in [0.15, 0.2) is 0 Å². The summed E-state index contributed by atoms with van der Waals surface area (Å²) in [5.74, 6) is 0.367. The second-order valence-corrected chi connectivity index (χ2v) is 2.77. The molecule has 0 radical (unpaired) electrons. The topological polar surface area (TPSA) is 40.9 Å². The van der Waals surface area contributed by atoms with Crippen LogP contribution in [-0.4, -0.2) is 5.78 Å². The molecular weight excluding hydrogens is 126 g/mol. The highest BCUT2D eigenvalue weighted by molar-refractivity contribution is 5.81. The van der Waals surface area contributed by atoms with Gasteiger partial charge in [-0.2, -0.15) is 5.26 Å². The molecule has 0 spiro atoms. The van der Waals surface area contributed by atoms with Crippen LogP contribution in [0.15, 0.2) is 0 Å². The van der Waals surface area contributed by atoms with E-state index in [1.165, 1.54) is 0 Å². The number of Topliss-reactive ketones (excluding diaryl/α,β-unsaturated/α-hetero) is 1. The Morgan fingerprint density at radius 1 is 1.60 bits per heavy atom. The molecule has 1 fully saturated rings. The molecule has 2 heteroatoms. The van der Waals surface area contributed by atoms with Gasteiger partial charge in [0, 0.05) is 18.8 Å². The molecule has 0 amide bonds. The van der Waals surface area contributed by atoms with E-state index in [4.69, 9.17) is 5.26 Å². The van der Waals surface area contributed by atoms with Gasteiger partial charge in [0.1, 0.15) is 5.78 Å². The summed E-state index contributed by atoms with van der Waals surface area (Å²) in [6.45, 7) is 0. The second-order valence-electron chi connectivity index (χ2n) is 2.77. The summed E-state index contributed by atoms with van der Waals surface area (Å²) in [6, 6.07) is 2.05. The van der Waals surface area contributed by atoms with Crippen LogP contribution < -0.4 is 0 Å². The minimum Gasteiger partial charge on any atom is -0.299 e. The molecular formula is C8H11NO. The predicted molar refractivity (Wildman–Crippen MR) is 37.2 cm³/mol. The molecule has 1 rings (SSSR count). The van der Waals surface area contributed by atoms with Crippen molar-refractivity contribution in [1.82, 2.24) is 0 Å². The Morgan fingerprint density at radius 2 is 2.40 bits per heavy atom. The molecule has 1 aliphatic carbocycles. The highest BCUT2D eigenvalue weighted by Gasteiger charge is 2.20. The standard InChI is InChI=1S/C8H11NO/c9-6-5-7-3-1-2-4-8(7)10/h7H,1-5H2. The molecule has 0 bridgehead atoms. The average molecular weight is 137 g/mol. The molecule has 0 aromatic heterocycles. The van der Waals surface area contributed by atoms with Crippen molar-refractivity contribution in [2.75, 3.05) is 0 Å². The number of rotatable bonds is 1. The third kappa shape index (κ3) is 1.57. The minimum atomic E-state index is 0.0683. The van der Waals surface area contributed by atoms with Gasteiger partial charge in [0.2, 0.25) is 0 Å². The van der Waals surface area contributed by atoms with Gasteiger partial charge in [-0.05, 0) is 12.8 Å². The number of carbonyl (C=O) groups is 1. The van der Waals surface area contributed by atoms with Gasteiger partial charge >= 0.3 is 0 Å². The molecule has 10 heavy (non-hydrogen) atoms. The van der Waals surface area contributed by atoms with E-state index >= 15 is 0 Å². The average Bonchev–Trinajstić information content (AvgIpc) is 1.94.